The Morgan fingerprint density at radius 3 is 2.79 bits per heavy atom. The van der Waals surface area contributed by atoms with E-state index in [-0.39, 0.29) is 0 Å². The molecule has 6 nitrogen and oxygen atoms in total. The summed E-state index contributed by atoms with van der Waals surface area (Å²) >= 11 is 0. The maximum atomic E-state index is 5.38. The van der Waals surface area contributed by atoms with E-state index in [0.29, 0.717) is 6.61 Å². The summed E-state index contributed by atoms with van der Waals surface area (Å²) in [5.41, 5.74) is 4.33. The minimum absolute atomic E-state index is 0.529. The molecule has 126 valence electrons. The van der Waals surface area contributed by atoms with Gasteiger partial charge in [-0.3, -0.25) is 9.97 Å². The predicted octanol–water partition coefficient (Wildman–Crippen LogP) is 3.14. The summed E-state index contributed by atoms with van der Waals surface area (Å²) in [4.78, 5) is 18.9. The van der Waals surface area contributed by atoms with Crippen LogP contribution in [0, 0.1) is 6.92 Å². The Labute approximate surface area is 142 Å². The third-order valence-corrected chi connectivity index (χ3v) is 3.25. The van der Waals surface area contributed by atoms with Crippen LogP contribution in [0.25, 0.3) is 0 Å². The van der Waals surface area contributed by atoms with E-state index < -0.39 is 0 Å². The van der Waals surface area contributed by atoms with Crippen LogP contribution in [0.1, 0.15) is 36.1 Å². The molecule has 24 heavy (non-hydrogen) atoms. The second-order valence-electron chi connectivity index (χ2n) is 5.25. The molecule has 2 heterocycles. The van der Waals surface area contributed by atoms with Crippen LogP contribution in [0.3, 0.4) is 0 Å². The molecular weight excluding hydrogens is 304 g/mol. The Hall–Kier alpha value is -2.76. The summed E-state index contributed by atoms with van der Waals surface area (Å²) in [5.74, 6) is 0. The molecule has 0 spiro atoms. The second kappa shape index (κ2) is 9.39. The summed E-state index contributed by atoms with van der Waals surface area (Å²) in [6.45, 7) is 4.37. The normalized spacial score (nSPS) is 11.7. The molecule has 2 rings (SSSR count). The van der Waals surface area contributed by atoms with E-state index in [1.165, 1.54) is 7.11 Å². The maximum Gasteiger partial charge on any atom is 0.117 e. The minimum Gasteiger partial charge on any atom is -0.399 e. The largest absolute Gasteiger partial charge is 0.399 e. The van der Waals surface area contributed by atoms with Gasteiger partial charge in [0, 0.05) is 11.4 Å². The van der Waals surface area contributed by atoms with Crippen molar-refractivity contribution in [2.24, 2.45) is 10.3 Å². The van der Waals surface area contributed by atoms with Crippen LogP contribution < -0.4 is 0 Å². The smallest absolute Gasteiger partial charge is 0.117 e. The molecule has 0 N–H and O–H groups in total. The van der Waals surface area contributed by atoms with Crippen molar-refractivity contribution in [3.8, 4) is 0 Å². The van der Waals surface area contributed by atoms with Gasteiger partial charge in [-0.1, -0.05) is 22.4 Å². The molecular formula is C18H22N4O2. The summed E-state index contributed by atoms with van der Waals surface area (Å²) in [6, 6.07) is 11.6. The average Bonchev–Trinajstić information content (AvgIpc) is 2.60. The lowest BCUT2D eigenvalue weighted by molar-refractivity contribution is 0.141. The highest BCUT2D eigenvalue weighted by Gasteiger charge is 2.00. The molecule has 2 aromatic rings. The Morgan fingerprint density at radius 2 is 2.00 bits per heavy atom. The minimum atomic E-state index is 0.529. The van der Waals surface area contributed by atoms with Gasteiger partial charge < -0.3 is 9.68 Å². The van der Waals surface area contributed by atoms with E-state index in [4.69, 9.17) is 4.84 Å². The van der Waals surface area contributed by atoms with Crippen LogP contribution in [0.15, 0.2) is 46.7 Å². The fraction of sp³-hybridized carbons (Fsp3) is 0.333. The molecule has 6 heteroatoms. The van der Waals surface area contributed by atoms with Crippen molar-refractivity contribution in [2.75, 3.05) is 13.7 Å². The van der Waals surface area contributed by atoms with Gasteiger partial charge in [-0.25, -0.2) is 0 Å². The lowest BCUT2D eigenvalue weighted by Crippen LogP contribution is -2.02. The monoisotopic (exact) mass is 326 g/mol. The first-order valence-corrected chi connectivity index (χ1v) is 7.82. The number of hydrogen-bond donors (Lipinski definition) is 0. The number of aryl methyl sites for hydroxylation is 2. The molecule has 0 atom stereocenters. The summed E-state index contributed by atoms with van der Waals surface area (Å²) < 4.78 is 0. The molecule has 0 saturated heterocycles. The van der Waals surface area contributed by atoms with E-state index in [0.717, 1.165) is 41.3 Å². The fourth-order valence-corrected chi connectivity index (χ4v) is 2.07. The standard InChI is InChI=1S/C18H22N4O2/c1-14-7-4-11-18(20-14)15(2)22-24-12-6-10-16-8-5-9-17(21-16)13-19-23-3/h4-5,7-9,11,13H,6,10,12H2,1-3H3/b19-13+,22-15+. The van der Waals surface area contributed by atoms with Crippen molar-refractivity contribution in [1.82, 2.24) is 9.97 Å². The van der Waals surface area contributed by atoms with E-state index in [1.807, 2.05) is 50.2 Å². The molecule has 0 radical (unpaired) electrons. The highest BCUT2D eigenvalue weighted by Crippen LogP contribution is 2.03. The Kier molecular flexibility index (Phi) is 6.89. The zero-order valence-electron chi connectivity index (χ0n) is 14.3. The molecule has 0 bridgehead atoms. The Morgan fingerprint density at radius 1 is 1.17 bits per heavy atom. The second-order valence-corrected chi connectivity index (χ2v) is 5.25. The first-order valence-electron chi connectivity index (χ1n) is 7.82. The zero-order chi connectivity index (χ0) is 17.2. The third-order valence-electron chi connectivity index (χ3n) is 3.25. The van der Waals surface area contributed by atoms with Crippen LogP contribution in [0.5, 0.6) is 0 Å². The molecule has 0 aliphatic carbocycles. The van der Waals surface area contributed by atoms with Gasteiger partial charge in [-0.05, 0) is 51.0 Å². The number of pyridine rings is 2. The molecule has 0 aliphatic heterocycles. The first-order chi connectivity index (χ1) is 11.7. The van der Waals surface area contributed by atoms with Gasteiger partial charge in [0.15, 0.2) is 0 Å². The fourth-order valence-electron chi connectivity index (χ4n) is 2.07. The molecule has 0 amide bonds. The number of oxime groups is 2. The van der Waals surface area contributed by atoms with Gasteiger partial charge in [0.2, 0.25) is 0 Å². The van der Waals surface area contributed by atoms with Gasteiger partial charge in [-0.2, -0.15) is 0 Å². The van der Waals surface area contributed by atoms with E-state index in [2.05, 4.69) is 25.1 Å². The van der Waals surface area contributed by atoms with Crippen molar-refractivity contribution in [1.29, 1.82) is 0 Å². The summed E-state index contributed by atoms with van der Waals surface area (Å²) in [6.07, 6.45) is 3.23. The van der Waals surface area contributed by atoms with Gasteiger partial charge in [-0.15, -0.1) is 0 Å². The SMILES string of the molecule is CO/N=C/c1cccc(CCCO/N=C(\C)c2cccc(C)n2)n1. The van der Waals surface area contributed by atoms with Gasteiger partial charge in [0.25, 0.3) is 0 Å². The summed E-state index contributed by atoms with van der Waals surface area (Å²) in [7, 11) is 1.51. The van der Waals surface area contributed by atoms with Crippen molar-refractivity contribution < 1.29 is 9.68 Å². The first kappa shape index (κ1) is 17.6. The van der Waals surface area contributed by atoms with Crippen molar-refractivity contribution in [3.05, 3.63) is 59.2 Å². The molecule has 0 saturated carbocycles. The van der Waals surface area contributed by atoms with Gasteiger partial charge in [0.05, 0.1) is 17.6 Å². The van der Waals surface area contributed by atoms with Crippen LogP contribution in [-0.2, 0) is 16.1 Å². The number of rotatable bonds is 8. The van der Waals surface area contributed by atoms with Crippen molar-refractivity contribution in [2.45, 2.75) is 26.7 Å². The van der Waals surface area contributed by atoms with Crippen molar-refractivity contribution in [3.63, 3.8) is 0 Å². The maximum absolute atomic E-state index is 5.38. The lowest BCUT2D eigenvalue weighted by atomic mass is 10.2. The van der Waals surface area contributed by atoms with E-state index in [9.17, 15) is 0 Å². The third kappa shape index (κ3) is 5.79. The zero-order valence-corrected chi connectivity index (χ0v) is 14.3. The summed E-state index contributed by atoms with van der Waals surface area (Å²) in [5, 5.41) is 7.83. The molecule has 0 aromatic carbocycles. The Bertz CT molecular complexity index is 714. The lowest BCUT2D eigenvalue weighted by Gasteiger charge is -2.04. The van der Waals surface area contributed by atoms with Gasteiger partial charge in [0.1, 0.15) is 19.4 Å². The van der Waals surface area contributed by atoms with Crippen LogP contribution in [0.4, 0.5) is 0 Å². The van der Waals surface area contributed by atoms with Crippen molar-refractivity contribution >= 4 is 11.9 Å². The number of hydrogen-bond acceptors (Lipinski definition) is 6. The van der Waals surface area contributed by atoms with E-state index in [1.54, 1.807) is 6.21 Å². The highest BCUT2D eigenvalue weighted by molar-refractivity contribution is 5.96. The van der Waals surface area contributed by atoms with Gasteiger partial charge >= 0.3 is 0 Å². The molecule has 2 aromatic heterocycles. The Balaban J connectivity index is 1.78. The topological polar surface area (TPSA) is 69.0 Å². The van der Waals surface area contributed by atoms with Crippen LogP contribution in [-0.4, -0.2) is 35.6 Å². The quantitative estimate of drug-likeness (QED) is 0.424. The van der Waals surface area contributed by atoms with Crippen LogP contribution >= 0.6 is 0 Å². The predicted molar refractivity (Wildman–Crippen MR) is 94.3 cm³/mol. The molecule has 0 fully saturated rings. The van der Waals surface area contributed by atoms with Crippen LogP contribution in [0.2, 0.25) is 0 Å². The average molecular weight is 326 g/mol. The van der Waals surface area contributed by atoms with E-state index >= 15 is 0 Å². The molecule has 0 unspecified atom stereocenters. The molecule has 0 aliphatic rings. The highest BCUT2D eigenvalue weighted by atomic mass is 16.6. The number of aromatic nitrogens is 2. The number of nitrogens with zero attached hydrogens (tertiary/aromatic N) is 4.